The van der Waals surface area contributed by atoms with E-state index in [1.807, 2.05) is 0 Å². The predicted octanol–water partition coefficient (Wildman–Crippen LogP) is 1.25. The lowest BCUT2D eigenvalue weighted by Gasteiger charge is -2.43. The molecule has 7 nitrogen and oxygen atoms in total. The van der Waals surface area contributed by atoms with E-state index in [0.29, 0.717) is 5.56 Å². The minimum absolute atomic E-state index is 0.114. The van der Waals surface area contributed by atoms with Crippen molar-refractivity contribution >= 4 is 17.7 Å². The fraction of sp³-hybridized carbons (Fsp3) is 0.556. The van der Waals surface area contributed by atoms with Crippen molar-refractivity contribution < 1.29 is 29.0 Å². The van der Waals surface area contributed by atoms with Gasteiger partial charge in [-0.15, -0.1) is 0 Å². The molecule has 136 valence electrons. The molecule has 4 atom stereocenters. The molecule has 1 aromatic rings. The van der Waals surface area contributed by atoms with E-state index >= 15 is 0 Å². The second-order valence-corrected chi connectivity index (χ2v) is 6.27. The van der Waals surface area contributed by atoms with Crippen molar-refractivity contribution in [1.82, 2.24) is 4.98 Å². The highest BCUT2D eigenvalue weighted by Gasteiger charge is 2.57. The maximum absolute atomic E-state index is 12.6. The van der Waals surface area contributed by atoms with Gasteiger partial charge in [0.25, 0.3) is 0 Å². The number of esters is 2. The van der Waals surface area contributed by atoms with Crippen molar-refractivity contribution in [2.24, 2.45) is 11.8 Å². The first-order valence-electron chi connectivity index (χ1n) is 8.31. The second-order valence-electron chi connectivity index (χ2n) is 6.27. The van der Waals surface area contributed by atoms with Crippen LogP contribution < -0.4 is 0 Å². The lowest BCUT2D eigenvalue weighted by atomic mass is 9.62. The molecule has 0 spiro atoms. The molecule has 0 amide bonds. The summed E-state index contributed by atoms with van der Waals surface area (Å²) in [5.41, 5.74) is -1.13. The lowest BCUT2D eigenvalue weighted by molar-refractivity contribution is -0.172. The fourth-order valence-corrected chi connectivity index (χ4v) is 3.45. The number of ketones is 1. The zero-order valence-corrected chi connectivity index (χ0v) is 14.6. The summed E-state index contributed by atoms with van der Waals surface area (Å²) < 4.78 is 10.2. The third kappa shape index (κ3) is 3.87. The predicted molar refractivity (Wildman–Crippen MR) is 87.5 cm³/mol. The number of rotatable bonds is 5. The molecule has 0 aliphatic heterocycles. The van der Waals surface area contributed by atoms with Crippen molar-refractivity contribution in [2.45, 2.75) is 38.7 Å². The zero-order chi connectivity index (χ0) is 18.6. The molecule has 25 heavy (non-hydrogen) atoms. The number of ether oxygens (including phenoxy) is 2. The van der Waals surface area contributed by atoms with Gasteiger partial charge in [0.05, 0.1) is 24.7 Å². The van der Waals surface area contributed by atoms with Crippen LogP contribution in [0.3, 0.4) is 0 Å². The van der Waals surface area contributed by atoms with Gasteiger partial charge < -0.3 is 14.6 Å². The monoisotopic (exact) mass is 349 g/mol. The first kappa shape index (κ1) is 19.1. The summed E-state index contributed by atoms with van der Waals surface area (Å²) >= 11 is 0. The van der Waals surface area contributed by atoms with Crippen LogP contribution in [0.1, 0.15) is 38.7 Å². The smallest absolute Gasteiger partial charge is 0.317 e. The number of Topliss-reactive ketones (excluding diaryl/α,β-unsaturated/α-hetero) is 1. The molecule has 1 fully saturated rings. The van der Waals surface area contributed by atoms with E-state index in [4.69, 9.17) is 9.47 Å². The summed E-state index contributed by atoms with van der Waals surface area (Å²) in [6, 6.07) is 3.32. The van der Waals surface area contributed by atoms with Gasteiger partial charge in [-0.2, -0.15) is 0 Å². The van der Waals surface area contributed by atoms with E-state index in [0.717, 1.165) is 0 Å². The SMILES string of the molecule is CCOC(=O)[C@@H]1C(=O)C[C@](C)(O)[C@H](C(=O)OCC)[C@@H]1c1cccnc1. The summed E-state index contributed by atoms with van der Waals surface area (Å²) in [4.78, 5) is 41.6. The number of carbonyl (C=O) groups is 3. The minimum Gasteiger partial charge on any atom is -0.466 e. The molecule has 7 heteroatoms. The van der Waals surface area contributed by atoms with Gasteiger partial charge in [0.2, 0.25) is 0 Å². The van der Waals surface area contributed by atoms with Gasteiger partial charge >= 0.3 is 11.9 Å². The van der Waals surface area contributed by atoms with Gasteiger partial charge in [0, 0.05) is 24.7 Å². The van der Waals surface area contributed by atoms with Crippen LogP contribution in [-0.4, -0.2) is 46.6 Å². The highest BCUT2D eigenvalue weighted by molar-refractivity contribution is 6.02. The Labute approximate surface area is 146 Å². The highest BCUT2D eigenvalue weighted by Crippen LogP contribution is 2.46. The van der Waals surface area contributed by atoms with Crippen molar-refractivity contribution in [1.29, 1.82) is 0 Å². The van der Waals surface area contributed by atoms with E-state index in [1.54, 1.807) is 32.2 Å². The maximum atomic E-state index is 12.6. The average molecular weight is 349 g/mol. The van der Waals surface area contributed by atoms with E-state index < -0.39 is 41.1 Å². The summed E-state index contributed by atoms with van der Waals surface area (Å²) in [5.74, 6) is -4.97. The Morgan fingerprint density at radius 3 is 2.48 bits per heavy atom. The molecule has 1 aromatic heterocycles. The van der Waals surface area contributed by atoms with Crippen molar-refractivity contribution in [2.75, 3.05) is 13.2 Å². The van der Waals surface area contributed by atoms with Gasteiger partial charge in [-0.05, 0) is 32.4 Å². The first-order valence-corrected chi connectivity index (χ1v) is 8.31. The van der Waals surface area contributed by atoms with Crippen LogP contribution >= 0.6 is 0 Å². The number of nitrogens with zero attached hydrogens (tertiary/aromatic N) is 1. The average Bonchev–Trinajstić information content (AvgIpc) is 2.54. The van der Waals surface area contributed by atoms with Crippen LogP contribution in [0, 0.1) is 11.8 Å². The Bertz CT molecular complexity index is 642. The molecule has 0 radical (unpaired) electrons. The Morgan fingerprint density at radius 2 is 1.92 bits per heavy atom. The molecule has 1 aliphatic rings. The highest BCUT2D eigenvalue weighted by atomic mass is 16.5. The molecule has 1 saturated carbocycles. The van der Waals surface area contributed by atoms with Gasteiger partial charge in [0.15, 0.2) is 5.78 Å². The van der Waals surface area contributed by atoms with E-state index in [-0.39, 0.29) is 19.6 Å². The first-order chi connectivity index (χ1) is 11.8. The Balaban J connectivity index is 2.57. The van der Waals surface area contributed by atoms with Crippen LogP contribution in [0.2, 0.25) is 0 Å². The number of aromatic nitrogens is 1. The largest absolute Gasteiger partial charge is 0.466 e. The minimum atomic E-state index is -1.63. The van der Waals surface area contributed by atoms with E-state index in [1.165, 1.54) is 13.1 Å². The third-order valence-electron chi connectivity index (χ3n) is 4.42. The molecule has 0 bridgehead atoms. The molecule has 0 saturated heterocycles. The van der Waals surface area contributed by atoms with Crippen LogP contribution in [0.4, 0.5) is 0 Å². The quantitative estimate of drug-likeness (QED) is 0.630. The third-order valence-corrected chi connectivity index (χ3v) is 4.42. The summed E-state index contributed by atoms with van der Waals surface area (Å²) in [5, 5.41) is 10.8. The molecule has 1 heterocycles. The van der Waals surface area contributed by atoms with Crippen LogP contribution in [0.15, 0.2) is 24.5 Å². The van der Waals surface area contributed by atoms with Crippen LogP contribution in [0.5, 0.6) is 0 Å². The van der Waals surface area contributed by atoms with Crippen LogP contribution in [-0.2, 0) is 23.9 Å². The van der Waals surface area contributed by atoms with Crippen molar-refractivity contribution in [3.05, 3.63) is 30.1 Å². The summed E-state index contributed by atoms with van der Waals surface area (Å²) in [6.45, 7) is 4.95. The van der Waals surface area contributed by atoms with Crippen molar-refractivity contribution in [3.8, 4) is 0 Å². The van der Waals surface area contributed by atoms with Gasteiger partial charge in [-0.3, -0.25) is 19.4 Å². The lowest BCUT2D eigenvalue weighted by Crippen LogP contribution is -2.55. The maximum Gasteiger partial charge on any atom is 0.317 e. The van der Waals surface area contributed by atoms with E-state index in [9.17, 15) is 19.5 Å². The zero-order valence-electron chi connectivity index (χ0n) is 14.6. The Hall–Kier alpha value is -2.28. The van der Waals surface area contributed by atoms with Gasteiger partial charge in [-0.25, -0.2) is 0 Å². The number of carbonyl (C=O) groups excluding carboxylic acids is 3. The Kier molecular flexibility index (Phi) is 5.89. The number of hydrogen-bond acceptors (Lipinski definition) is 7. The molecule has 1 N–H and O–H groups in total. The van der Waals surface area contributed by atoms with Crippen molar-refractivity contribution in [3.63, 3.8) is 0 Å². The molecule has 2 rings (SSSR count). The molecule has 1 aliphatic carbocycles. The molecule has 0 unspecified atom stereocenters. The normalized spacial score (nSPS) is 29.1. The second kappa shape index (κ2) is 7.74. The molecular weight excluding hydrogens is 326 g/mol. The van der Waals surface area contributed by atoms with E-state index in [2.05, 4.69) is 4.98 Å². The Morgan fingerprint density at radius 1 is 1.28 bits per heavy atom. The number of pyridine rings is 1. The standard InChI is InChI=1S/C18H23NO6/c1-4-24-16(21)14-12(20)9-18(3,23)15(17(22)25-5-2)13(14)11-7-6-8-19-10-11/h6-8,10,13-15,23H,4-5,9H2,1-3H3/t13-,14-,15+,18+/m1/s1. The van der Waals surface area contributed by atoms with Gasteiger partial charge in [0.1, 0.15) is 5.92 Å². The number of hydrogen-bond donors (Lipinski definition) is 1. The molecular formula is C18H23NO6. The molecule has 0 aromatic carbocycles. The van der Waals surface area contributed by atoms with Gasteiger partial charge in [-0.1, -0.05) is 6.07 Å². The summed E-state index contributed by atoms with van der Waals surface area (Å²) in [7, 11) is 0. The summed E-state index contributed by atoms with van der Waals surface area (Å²) in [6.07, 6.45) is 2.71. The fourth-order valence-electron chi connectivity index (χ4n) is 3.45. The number of aliphatic hydroxyl groups is 1. The van der Waals surface area contributed by atoms with Crippen LogP contribution in [0.25, 0.3) is 0 Å². The topological polar surface area (TPSA) is 103 Å².